The maximum Gasteiger partial charge on any atom is 0.255 e. The van der Waals surface area contributed by atoms with Gasteiger partial charge in [-0.15, -0.1) is 0 Å². The highest BCUT2D eigenvalue weighted by atomic mass is 35.5. The minimum Gasteiger partial charge on any atom is -0.488 e. The number of nitrogens with one attached hydrogen (secondary N) is 1. The van der Waals surface area contributed by atoms with Crippen LogP contribution < -0.4 is 15.8 Å². The lowest BCUT2D eigenvalue weighted by molar-refractivity contribution is 0.102. The Morgan fingerprint density at radius 2 is 1.96 bits per heavy atom. The van der Waals surface area contributed by atoms with Crippen molar-refractivity contribution in [2.75, 3.05) is 18.5 Å². The molecule has 0 unspecified atom stereocenters. The fraction of sp³-hybridized carbons (Fsp3) is 0.118. The number of amides is 1. The molecular weight excluding hydrogens is 338 g/mol. The molecule has 2 aromatic rings. The average Bonchev–Trinajstić information content (AvgIpc) is 2.59. The molecule has 0 spiro atoms. The summed E-state index contributed by atoms with van der Waals surface area (Å²) in [6.07, 6.45) is 0.387. The summed E-state index contributed by atoms with van der Waals surface area (Å²) in [5.74, 6) is -0.485. The maximum atomic E-state index is 12.8. The van der Waals surface area contributed by atoms with E-state index in [-0.39, 0.29) is 23.7 Å². The predicted octanol–water partition coefficient (Wildman–Crippen LogP) is 3.92. The Morgan fingerprint density at radius 1 is 1.25 bits per heavy atom. The van der Waals surface area contributed by atoms with Crippen molar-refractivity contribution in [3.8, 4) is 5.75 Å². The largest absolute Gasteiger partial charge is 0.488 e. The molecular formula is C17H15ClF2N2O2. The molecule has 1 amide bonds. The van der Waals surface area contributed by atoms with Gasteiger partial charge in [0, 0.05) is 23.4 Å². The van der Waals surface area contributed by atoms with E-state index in [2.05, 4.69) is 5.32 Å². The summed E-state index contributed by atoms with van der Waals surface area (Å²) in [6.45, 7) is 0.000120. The van der Waals surface area contributed by atoms with Crippen LogP contribution in [0.2, 0.25) is 5.02 Å². The van der Waals surface area contributed by atoms with E-state index >= 15 is 0 Å². The van der Waals surface area contributed by atoms with Crippen LogP contribution in [0, 0.1) is 5.82 Å². The van der Waals surface area contributed by atoms with Crippen LogP contribution in [-0.2, 0) is 0 Å². The van der Waals surface area contributed by atoms with Crippen LogP contribution in [0.4, 0.5) is 14.5 Å². The van der Waals surface area contributed by atoms with Crippen molar-refractivity contribution in [1.82, 2.24) is 0 Å². The Morgan fingerprint density at radius 3 is 2.54 bits per heavy atom. The SMILES string of the molecule is NCC(=CF)COc1ccc(C(=O)Nc2ccc(F)cc2)cc1Cl. The number of halogens is 3. The van der Waals surface area contributed by atoms with Crippen LogP contribution in [-0.4, -0.2) is 19.1 Å². The van der Waals surface area contributed by atoms with Crippen molar-refractivity contribution in [3.05, 3.63) is 70.8 Å². The van der Waals surface area contributed by atoms with Gasteiger partial charge in [0.05, 0.1) is 11.4 Å². The maximum absolute atomic E-state index is 12.8. The van der Waals surface area contributed by atoms with Crippen molar-refractivity contribution in [2.45, 2.75) is 0 Å². The van der Waals surface area contributed by atoms with Crippen LogP contribution in [0.5, 0.6) is 5.75 Å². The van der Waals surface area contributed by atoms with E-state index in [4.69, 9.17) is 22.1 Å². The van der Waals surface area contributed by atoms with Crippen LogP contribution in [0.15, 0.2) is 54.4 Å². The normalized spacial score (nSPS) is 11.2. The molecule has 0 aliphatic heterocycles. The third-order valence-corrected chi connectivity index (χ3v) is 3.42. The monoisotopic (exact) mass is 352 g/mol. The molecule has 3 N–H and O–H groups in total. The molecule has 0 saturated carbocycles. The van der Waals surface area contributed by atoms with Gasteiger partial charge in [-0.3, -0.25) is 4.79 Å². The lowest BCUT2D eigenvalue weighted by Gasteiger charge is -2.10. The van der Waals surface area contributed by atoms with Gasteiger partial charge in [0.25, 0.3) is 5.91 Å². The van der Waals surface area contributed by atoms with E-state index in [1.54, 1.807) is 0 Å². The van der Waals surface area contributed by atoms with E-state index in [0.29, 0.717) is 23.3 Å². The van der Waals surface area contributed by atoms with Gasteiger partial charge in [-0.2, -0.15) is 0 Å². The number of carbonyl (C=O) groups is 1. The molecule has 2 rings (SSSR count). The van der Waals surface area contributed by atoms with Crippen molar-refractivity contribution >= 4 is 23.2 Å². The van der Waals surface area contributed by atoms with Gasteiger partial charge in [-0.1, -0.05) is 11.6 Å². The number of anilines is 1. The van der Waals surface area contributed by atoms with E-state index in [9.17, 15) is 13.6 Å². The second-order valence-corrected chi connectivity index (χ2v) is 5.27. The number of carbonyl (C=O) groups excluding carboxylic acids is 1. The van der Waals surface area contributed by atoms with Gasteiger partial charge in [0.15, 0.2) is 0 Å². The fourth-order valence-electron chi connectivity index (χ4n) is 1.80. The third-order valence-electron chi connectivity index (χ3n) is 3.13. The van der Waals surface area contributed by atoms with E-state index < -0.39 is 11.7 Å². The fourth-order valence-corrected chi connectivity index (χ4v) is 2.04. The first-order valence-corrected chi connectivity index (χ1v) is 7.38. The van der Waals surface area contributed by atoms with Gasteiger partial charge < -0.3 is 15.8 Å². The lowest BCUT2D eigenvalue weighted by atomic mass is 10.2. The summed E-state index contributed by atoms with van der Waals surface area (Å²) in [5, 5.41) is 2.83. The number of hydrogen-bond acceptors (Lipinski definition) is 3. The van der Waals surface area contributed by atoms with Crippen LogP contribution >= 0.6 is 11.6 Å². The molecule has 126 valence electrons. The highest BCUT2D eigenvalue weighted by Gasteiger charge is 2.10. The standard InChI is InChI=1S/C17H15ClF2N2O2/c18-15-7-12(1-6-16(15)24-10-11(8-19)9-21)17(23)22-14-4-2-13(20)3-5-14/h1-8H,9-10,21H2,(H,22,23). The summed E-state index contributed by atoms with van der Waals surface area (Å²) >= 11 is 6.07. The Hall–Kier alpha value is -2.44. The number of rotatable bonds is 6. The molecule has 0 aromatic heterocycles. The van der Waals surface area contributed by atoms with Crippen molar-refractivity contribution in [2.24, 2.45) is 5.73 Å². The number of nitrogens with two attached hydrogens (primary N) is 1. The quantitative estimate of drug-likeness (QED) is 0.828. The van der Waals surface area contributed by atoms with Crippen molar-refractivity contribution in [1.29, 1.82) is 0 Å². The van der Waals surface area contributed by atoms with Crippen LogP contribution in [0.25, 0.3) is 0 Å². The smallest absolute Gasteiger partial charge is 0.255 e. The highest BCUT2D eigenvalue weighted by Crippen LogP contribution is 2.26. The summed E-state index contributed by atoms with van der Waals surface area (Å²) in [5.41, 5.74) is 6.38. The molecule has 0 radical (unpaired) electrons. The molecule has 24 heavy (non-hydrogen) atoms. The minimum atomic E-state index is -0.402. The number of benzene rings is 2. The molecule has 0 fully saturated rings. The topological polar surface area (TPSA) is 64.3 Å². The second kappa shape index (κ2) is 8.42. The highest BCUT2D eigenvalue weighted by molar-refractivity contribution is 6.32. The minimum absolute atomic E-state index is 0.0339. The van der Waals surface area contributed by atoms with E-state index in [1.165, 1.54) is 42.5 Å². The molecule has 0 atom stereocenters. The first kappa shape index (κ1) is 17.9. The second-order valence-electron chi connectivity index (χ2n) is 4.87. The van der Waals surface area contributed by atoms with E-state index in [1.807, 2.05) is 0 Å². The van der Waals surface area contributed by atoms with Gasteiger partial charge in [-0.25, -0.2) is 8.78 Å². The first-order chi connectivity index (χ1) is 11.5. The van der Waals surface area contributed by atoms with Gasteiger partial charge in [0.1, 0.15) is 18.2 Å². The number of ether oxygens (including phenoxy) is 1. The van der Waals surface area contributed by atoms with Gasteiger partial charge >= 0.3 is 0 Å². The first-order valence-electron chi connectivity index (χ1n) is 7.01. The zero-order valence-corrected chi connectivity index (χ0v) is 13.3. The average molecular weight is 353 g/mol. The molecule has 0 heterocycles. The number of hydrogen-bond donors (Lipinski definition) is 2. The Labute approximate surface area is 142 Å². The summed E-state index contributed by atoms with van der Waals surface area (Å²) in [4.78, 5) is 12.1. The zero-order chi connectivity index (χ0) is 17.5. The molecule has 2 aromatic carbocycles. The summed E-state index contributed by atoms with van der Waals surface area (Å²) in [7, 11) is 0. The Balaban J connectivity index is 2.05. The molecule has 0 aliphatic carbocycles. The predicted molar refractivity (Wildman–Crippen MR) is 89.5 cm³/mol. The van der Waals surface area contributed by atoms with Gasteiger partial charge in [0.2, 0.25) is 0 Å². The Bertz CT molecular complexity index is 749. The zero-order valence-electron chi connectivity index (χ0n) is 12.6. The Kier molecular flexibility index (Phi) is 6.28. The molecule has 0 aliphatic rings. The van der Waals surface area contributed by atoms with Crippen LogP contribution in [0.1, 0.15) is 10.4 Å². The van der Waals surface area contributed by atoms with E-state index in [0.717, 1.165) is 0 Å². The van der Waals surface area contributed by atoms with Crippen molar-refractivity contribution < 1.29 is 18.3 Å². The molecule has 0 saturated heterocycles. The molecule has 0 bridgehead atoms. The van der Waals surface area contributed by atoms with Gasteiger partial charge in [-0.05, 0) is 42.5 Å². The summed E-state index contributed by atoms with van der Waals surface area (Å²) in [6, 6.07) is 9.83. The van der Waals surface area contributed by atoms with Crippen LogP contribution in [0.3, 0.4) is 0 Å². The third kappa shape index (κ3) is 4.78. The van der Waals surface area contributed by atoms with Crippen molar-refractivity contribution in [3.63, 3.8) is 0 Å². The molecule has 7 heteroatoms. The summed E-state index contributed by atoms with van der Waals surface area (Å²) < 4.78 is 30.6. The lowest BCUT2D eigenvalue weighted by Crippen LogP contribution is -2.13. The molecule has 4 nitrogen and oxygen atoms in total.